The molecule has 0 spiro atoms. The largest absolute Gasteiger partial charge is 0.370 e. The molecular formula is C19H33N7O4. The van der Waals surface area contributed by atoms with Crippen molar-refractivity contribution in [1.82, 2.24) is 16.0 Å². The zero-order valence-electron chi connectivity index (χ0n) is 17.4. The molecule has 0 saturated carbocycles. The predicted octanol–water partition coefficient (Wildman–Crippen LogP) is -2.14. The summed E-state index contributed by atoms with van der Waals surface area (Å²) in [6.45, 7) is 2.66. The van der Waals surface area contributed by atoms with Crippen molar-refractivity contribution >= 4 is 29.5 Å². The normalized spacial score (nSPS) is 28.9. The Balaban J connectivity index is 2.08. The molecule has 2 heterocycles. The smallest absolute Gasteiger partial charge is 0.240 e. The number of unbranched alkanes of at least 4 members (excludes halogenated alkanes) is 1. The van der Waals surface area contributed by atoms with Gasteiger partial charge in [-0.15, -0.1) is 0 Å². The van der Waals surface area contributed by atoms with Crippen molar-refractivity contribution in [1.29, 1.82) is 0 Å². The Morgan fingerprint density at radius 3 is 2.33 bits per heavy atom. The van der Waals surface area contributed by atoms with Crippen molar-refractivity contribution in [3.63, 3.8) is 0 Å². The molecule has 0 aromatic rings. The predicted molar refractivity (Wildman–Crippen MR) is 111 cm³/mol. The van der Waals surface area contributed by atoms with Crippen LogP contribution < -0.4 is 33.2 Å². The van der Waals surface area contributed by atoms with Crippen LogP contribution in [0.5, 0.6) is 0 Å². The molecule has 0 aliphatic carbocycles. The van der Waals surface area contributed by atoms with Gasteiger partial charge in [0.15, 0.2) is 11.7 Å². The average molecular weight is 424 g/mol. The van der Waals surface area contributed by atoms with Gasteiger partial charge in [-0.25, -0.2) is 0 Å². The molecule has 30 heavy (non-hydrogen) atoms. The molecule has 0 aromatic heterocycles. The van der Waals surface area contributed by atoms with Gasteiger partial charge in [-0.2, -0.15) is 0 Å². The van der Waals surface area contributed by atoms with Crippen molar-refractivity contribution in [3.8, 4) is 0 Å². The number of amides is 3. The van der Waals surface area contributed by atoms with Gasteiger partial charge in [-0.05, 0) is 25.7 Å². The number of nitrogens with two attached hydrogens (primary N) is 3. The molecule has 168 valence electrons. The van der Waals surface area contributed by atoms with Crippen LogP contribution in [0.2, 0.25) is 0 Å². The zero-order chi connectivity index (χ0) is 22.3. The lowest BCUT2D eigenvalue weighted by atomic mass is 9.75. The molecule has 2 aliphatic rings. The lowest BCUT2D eigenvalue weighted by Crippen LogP contribution is -2.64. The summed E-state index contributed by atoms with van der Waals surface area (Å²) in [5, 5.41) is 8.50. The van der Waals surface area contributed by atoms with Crippen LogP contribution in [0.4, 0.5) is 0 Å². The molecule has 1 unspecified atom stereocenters. The molecule has 2 fully saturated rings. The van der Waals surface area contributed by atoms with Crippen molar-refractivity contribution in [2.75, 3.05) is 13.1 Å². The van der Waals surface area contributed by atoms with E-state index in [9.17, 15) is 19.2 Å². The minimum atomic E-state index is -0.912. The van der Waals surface area contributed by atoms with Crippen molar-refractivity contribution in [2.24, 2.45) is 34.0 Å². The number of ketones is 1. The van der Waals surface area contributed by atoms with Crippen LogP contribution in [-0.4, -0.2) is 60.7 Å². The van der Waals surface area contributed by atoms with Crippen LogP contribution in [0.25, 0.3) is 0 Å². The van der Waals surface area contributed by atoms with Gasteiger partial charge in [-0.1, -0.05) is 19.8 Å². The van der Waals surface area contributed by atoms with Crippen molar-refractivity contribution < 1.29 is 19.2 Å². The number of piperazine rings is 1. The third kappa shape index (κ3) is 6.15. The summed E-state index contributed by atoms with van der Waals surface area (Å²) in [4.78, 5) is 53.8. The summed E-state index contributed by atoms with van der Waals surface area (Å²) in [6.07, 6.45) is 3.56. The molecule has 0 radical (unpaired) electrons. The molecule has 11 heteroatoms. The molecule has 0 aromatic carbocycles. The number of Topliss-reactive ketones (excluding diaryl/α,β-unsaturated/α-hetero) is 1. The maximum Gasteiger partial charge on any atom is 0.240 e. The number of primary amides is 1. The number of rotatable bonds is 10. The van der Waals surface area contributed by atoms with E-state index in [1.54, 1.807) is 0 Å². The second-order valence-corrected chi connectivity index (χ2v) is 7.93. The molecule has 5 atom stereocenters. The number of nitrogens with zero attached hydrogens (tertiary/aromatic N) is 1. The van der Waals surface area contributed by atoms with E-state index in [-0.39, 0.29) is 30.1 Å². The number of guanidine groups is 1. The number of carbonyl (C=O) groups excluding carboxylic acids is 4. The molecule has 11 nitrogen and oxygen atoms in total. The highest BCUT2D eigenvalue weighted by atomic mass is 16.2. The van der Waals surface area contributed by atoms with E-state index in [1.165, 1.54) is 0 Å². The second kappa shape index (κ2) is 10.9. The maximum atomic E-state index is 13.2. The fraction of sp³-hybridized carbons (Fsp3) is 0.737. The first-order valence-electron chi connectivity index (χ1n) is 10.5. The highest BCUT2D eigenvalue weighted by Gasteiger charge is 2.45. The van der Waals surface area contributed by atoms with Crippen LogP contribution in [0.1, 0.15) is 45.4 Å². The quantitative estimate of drug-likeness (QED) is 0.131. The highest BCUT2D eigenvalue weighted by Crippen LogP contribution is 2.29. The number of piperidine rings is 1. The van der Waals surface area contributed by atoms with Gasteiger partial charge in [-0.3, -0.25) is 24.2 Å². The SMILES string of the molecule is CCCC[C@@H]1NC[C@H](C(=O)C2C[C@@H](C(N)=O)NC(=O)[C@H]2CCCN=C(N)N)NC1=O. The number of hydrogen-bond donors (Lipinski definition) is 6. The molecule has 9 N–H and O–H groups in total. The van der Waals surface area contributed by atoms with E-state index >= 15 is 0 Å². The fourth-order valence-electron chi connectivity index (χ4n) is 4.04. The first kappa shape index (κ1) is 23.6. The van der Waals surface area contributed by atoms with Gasteiger partial charge in [0.05, 0.1) is 6.04 Å². The summed E-state index contributed by atoms with van der Waals surface area (Å²) in [7, 11) is 0. The van der Waals surface area contributed by atoms with Gasteiger partial charge >= 0.3 is 0 Å². The van der Waals surface area contributed by atoms with E-state index in [0.29, 0.717) is 32.4 Å². The molecule has 2 rings (SSSR count). The monoisotopic (exact) mass is 423 g/mol. The Morgan fingerprint density at radius 2 is 1.73 bits per heavy atom. The van der Waals surface area contributed by atoms with E-state index in [1.807, 2.05) is 6.92 Å². The Kier molecular flexibility index (Phi) is 8.58. The number of hydrogen-bond acceptors (Lipinski definition) is 6. The highest BCUT2D eigenvalue weighted by molar-refractivity contribution is 5.98. The van der Waals surface area contributed by atoms with Crippen LogP contribution >= 0.6 is 0 Å². The molecule has 3 amide bonds. The van der Waals surface area contributed by atoms with Gasteiger partial charge in [0.2, 0.25) is 17.7 Å². The standard InChI is InChI=1S/C19H33N7O4/c1-2-3-6-12-18(30)26-14(9-24-12)15(27)11-8-13(16(20)28)25-17(29)10(11)5-4-7-23-19(21)22/h10-14,24H,2-9H2,1H3,(H2,20,28)(H,25,29)(H,26,30)(H4,21,22,23)/t10-,11?,12-,13-,14+/m0/s1. The summed E-state index contributed by atoms with van der Waals surface area (Å²) in [6, 6.07) is -1.98. The molecule has 0 bridgehead atoms. The molecular weight excluding hydrogens is 390 g/mol. The Morgan fingerprint density at radius 1 is 1.03 bits per heavy atom. The number of nitrogens with one attached hydrogen (secondary N) is 3. The van der Waals surface area contributed by atoms with Crippen LogP contribution in [-0.2, 0) is 19.2 Å². The van der Waals surface area contributed by atoms with Gasteiger partial charge in [0.25, 0.3) is 0 Å². The van der Waals surface area contributed by atoms with E-state index in [2.05, 4.69) is 20.9 Å². The van der Waals surface area contributed by atoms with Crippen molar-refractivity contribution in [2.45, 2.75) is 63.6 Å². The van der Waals surface area contributed by atoms with Crippen LogP contribution in [0.15, 0.2) is 4.99 Å². The van der Waals surface area contributed by atoms with Crippen LogP contribution in [0, 0.1) is 11.8 Å². The minimum absolute atomic E-state index is 0.0434. The van der Waals surface area contributed by atoms with E-state index in [4.69, 9.17) is 17.2 Å². The van der Waals surface area contributed by atoms with Gasteiger partial charge in [0.1, 0.15) is 12.1 Å². The Hall–Kier alpha value is -2.69. The summed E-state index contributed by atoms with van der Waals surface area (Å²) < 4.78 is 0. The first-order valence-corrected chi connectivity index (χ1v) is 10.5. The molecule has 2 aliphatic heterocycles. The van der Waals surface area contributed by atoms with Gasteiger partial charge < -0.3 is 33.2 Å². The zero-order valence-corrected chi connectivity index (χ0v) is 17.4. The fourth-order valence-corrected chi connectivity index (χ4v) is 4.04. The lowest BCUT2D eigenvalue weighted by Gasteiger charge is -2.37. The average Bonchev–Trinajstić information content (AvgIpc) is 2.69. The summed E-state index contributed by atoms with van der Waals surface area (Å²) >= 11 is 0. The van der Waals surface area contributed by atoms with Crippen molar-refractivity contribution in [3.05, 3.63) is 0 Å². The lowest BCUT2D eigenvalue weighted by molar-refractivity contribution is -0.143. The number of aliphatic imine (C=N–C) groups is 1. The van der Waals surface area contributed by atoms with Gasteiger partial charge in [0, 0.05) is 24.9 Å². The maximum absolute atomic E-state index is 13.2. The summed E-state index contributed by atoms with van der Waals surface area (Å²) in [5.74, 6) is -2.98. The van der Waals surface area contributed by atoms with Crippen LogP contribution in [0.3, 0.4) is 0 Å². The van der Waals surface area contributed by atoms with E-state index in [0.717, 1.165) is 12.8 Å². The summed E-state index contributed by atoms with van der Waals surface area (Å²) in [5.41, 5.74) is 16.0. The Bertz CT molecular complexity index is 692. The minimum Gasteiger partial charge on any atom is -0.370 e. The third-order valence-electron chi connectivity index (χ3n) is 5.70. The van der Waals surface area contributed by atoms with E-state index < -0.39 is 35.7 Å². The topological polar surface area (TPSA) is 195 Å². The first-order chi connectivity index (χ1) is 14.2. The second-order valence-electron chi connectivity index (χ2n) is 7.93. The third-order valence-corrected chi connectivity index (χ3v) is 5.70. The Labute approximate surface area is 176 Å². The molecule has 2 saturated heterocycles. The number of carbonyl (C=O) groups is 4.